The van der Waals surface area contributed by atoms with Gasteiger partial charge in [-0.05, 0) is 24.6 Å². The molecule has 1 aromatic heterocycles. The van der Waals surface area contributed by atoms with E-state index in [0.717, 1.165) is 16.8 Å². The zero-order valence-corrected chi connectivity index (χ0v) is 19.9. The molecule has 0 radical (unpaired) electrons. The summed E-state index contributed by atoms with van der Waals surface area (Å²) < 4.78 is 26.4. The molecule has 0 amide bonds. The summed E-state index contributed by atoms with van der Waals surface area (Å²) in [6.07, 6.45) is 19.9. The zero-order valence-electron chi connectivity index (χ0n) is 19.1. The minimum atomic E-state index is -3.64. The second-order valence-electron chi connectivity index (χ2n) is 8.46. The van der Waals surface area contributed by atoms with E-state index >= 15 is 0 Å². The van der Waals surface area contributed by atoms with E-state index in [1.165, 1.54) is 83.0 Å². The van der Waals surface area contributed by atoms with Gasteiger partial charge in [0, 0.05) is 24.4 Å². The van der Waals surface area contributed by atoms with Crippen LogP contribution in [0.15, 0.2) is 53.7 Å². The smallest absolute Gasteiger partial charge is 0.267 e. The molecule has 1 heterocycles. The fourth-order valence-electron chi connectivity index (χ4n) is 3.85. The average Bonchev–Trinajstić information content (AvgIpc) is 3.29. The van der Waals surface area contributed by atoms with E-state index in [4.69, 9.17) is 0 Å². The number of benzene rings is 1. The molecule has 0 saturated heterocycles. The molecule has 0 unspecified atom stereocenters. The van der Waals surface area contributed by atoms with Crippen molar-refractivity contribution in [2.24, 2.45) is 0 Å². The van der Waals surface area contributed by atoms with Gasteiger partial charge in [0.1, 0.15) is 0 Å². The molecule has 1 aromatic carbocycles. The lowest BCUT2D eigenvalue weighted by Crippen LogP contribution is -2.11. The van der Waals surface area contributed by atoms with E-state index in [9.17, 15) is 13.2 Å². The molecule has 0 bridgehead atoms. The summed E-state index contributed by atoms with van der Waals surface area (Å²) in [5.41, 5.74) is 0.471. The Hall–Kier alpha value is -1.88. The van der Waals surface area contributed by atoms with Gasteiger partial charge in [0.25, 0.3) is 10.0 Å². The Kier molecular flexibility index (Phi) is 11.7. The molecule has 0 N–H and O–H groups in total. The standard InChI is InChI=1S/C26H39NO3S/c1-2-3-4-5-6-7-8-9-10-11-12-13-17-20-26(28)24-21-22-27(23-24)31(29,30)25-18-15-14-16-19-25/h14-16,18-19,21-23H,2-13,17,20H2,1H3. The Bertz CT molecular complexity index is 856. The molecular formula is C26H39NO3S. The predicted molar refractivity (Wildman–Crippen MR) is 128 cm³/mol. The normalized spacial score (nSPS) is 11.6. The first-order valence-corrected chi connectivity index (χ1v) is 13.5. The number of carbonyl (C=O) groups is 1. The van der Waals surface area contributed by atoms with Crippen LogP contribution in [0.4, 0.5) is 0 Å². The summed E-state index contributed by atoms with van der Waals surface area (Å²) in [5.74, 6) is 0.0186. The van der Waals surface area contributed by atoms with Crippen LogP contribution in [-0.4, -0.2) is 18.2 Å². The van der Waals surface area contributed by atoms with Crippen molar-refractivity contribution in [2.75, 3.05) is 0 Å². The molecule has 0 spiro atoms. The van der Waals surface area contributed by atoms with Crippen molar-refractivity contribution in [1.82, 2.24) is 3.97 Å². The fraction of sp³-hybridized carbons (Fsp3) is 0.577. The number of ketones is 1. The van der Waals surface area contributed by atoms with Gasteiger partial charge in [0.05, 0.1) is 4.90 Å². The molecule has 2 rings (SSSR count). The maximum absolute atomic E-state index is 12.6. The van der Waals surface area contributed by atoms with Crippen molar-refractivity contribution in [3.63, 3.8) is 0 Å². The quantitative estimate of drug-likeness (QED) is 0.188. The number of Topliss-reactive ketones (excluding diaryl/α,β-unsaturated/α-hetero) is 1. The molecule has 0 aliphatic carbocycles. The summed E-state index contributed by atoms with van der Waals surface area (Å²) in [4.78, 5) is 12.6. The predicted octanol–water partition coefficient (Wildman–Crippen LogP) is 7.39. The van der Waals surface area contributed by atoms with Gasteiger partial charge in [-0.3, -0.25) is 4.79 Å². The third kappa shape index (κ3) is 9.02. The number of hydrogen-bond acceptors (Lipinski definition) is 3. The van der Waals surface area contributed by atoms with Gasteiger partial charge >= 0.3 is 0 Å². The van der Waals surface area contributed by atoms with Crippen LogP contribution >= 0.6 is 0 Å². The molecule has 2 aromatic rings. The van der Waals surface area contributed by atoms with Crippen LogP contribution < -0.4 is 0 Å². The Morgan fingerprint density at radius 1 is 0.742 bits per heavy atom. The largest absolute Gasteiger partial charge is 0.294 e. The summed E-state index contributed by atoms with van der Waals surface area (Å²) in [6.45, 7) is 2.26. The highest BCUT2D eigenvalue weighted by Gasteiger charge is 2.17. The van der Waals surface area contributed by atoms with Crippen molar-refractivity contribution in [3.8, 4) is 0 Å². The first-order valence-electron chi connectivity index (χ1n) is 12.1. The maximum atomic E-state index is 12.6. The highest BCUT2D eigenvalue weighted by Crippen LogP contribution is 2.17. The number of hydrogen-bond donors (Lipinski definition) is 0. The summed E-state index contributed by atoms with van der Waals surface area (Å²) in [7, 11) is -3.64. The van der Waals surface area contributed by atoms with Gasteiger partial charge in [0.2, 0.25) is 0 Å². The van der Waals surface area contributed by atoms with Crippen molar-refractivity contribution in [2.45, 2.75) is 102 Å². The minimum Gasteiger partial charge on any atom is -0.294 e. The van der Waals surface area contributed by atoms with E-state index in [1.807, 2.05) is 0 Å². The molecule has 0 aliphatic heterocycles. The Labute approximate surface area is 189 Å². The number of unbranched alkanes of at least 4 members (excludes halogenated alkanes) is 12. The van der Waals surface area contributed by atoms with Crippen molar-refractivity contribution >= 4 is 15.8 Å². The van der Waals surface area contributed by atoms with E-state index < -0.39 is 10.0 Å². The van der Waals surface area contributed by atoms with Gasteiger partial charge in [-0.2, -0.15) is 0 Å². The molecule has 0 saturated carbocycles. The molecular weight excluding hydrogens is 406 g/mol. The van der Waals surface area contributed by atoms with Crippen molar-refractivity contribution < 1.29 is 13.2 Å². The first kappa shape index (κ1) is 25.4. The highest BCUT2D eigenvalue weighted by molar-refractivity contribution is 7.90. The third-order valence-electron chi connectivity index (χ3n) is 5.82. The molecule has 0 fully saturated rings. The van der Waals surface area contributed by atoms with Crippen LogP contribution in [0, 0.1) is 0 Å². The number of carbonyl (C=O) groups excluding carboxylic acids is 1. The maximum Gasteiger partial charge on any atom is 0.267 e. The number of nitrogens with zero attached hydrogens (tertiary/aromatic N) is 1. The van der Waals surface area contributed by atoms with Crippen LogP contribution in [0.3, 0.4) is 0 Å². The molecule has 172 valence electrons. The van der Waals surface area contributed by atoms with E-state index in [1.54, 1.807) is 36.4 Å². The lowest BCUT2D eigenvalue weighted by atomic mass is 10.0. The SMILES string of the molecule is CCCCCCCCCCCCCCCC(=O)c1ccn(S(=O)(=O)c2ccccc2)c1. The van der Waals surface area contributed by atoms with Crippen LogP contribution in [0.25, 0.3) is 0 Å². The summed E-state index contributed by atoms with van der Waals surface area (Å²) >= 11 is 0. The van der Waals surface area contributed by atoms with Crippen LogP contribution in [-0.2, 0) is 10.0 Å². The fourth-order valence-corrected chi connectivity index (χ4v) is 5.07. The number of rotatable bonds is 17. The molecule has 0 atom stereocenters. The van der Waals surface area contributed by atoms with E-state index in [-0.39, 0.29) is 10.7 Å². The van der Waals surface area contributed by atoms with Crippen molar-refractivity contribution in [3.05, 3.63) is 54.4 Å². The second-order valence-corrected chi connectivity index (χ2v) is 10.3. The summed E-state index contributed by atoms with van der Waals surface area (Å²) in [6, 6.07) is 9.88. The molecule has 4 nitrogen and oxygen atoms in total. The Morgan fingerprint density at radius 3 is 1.81 bits per heavy atom. The molecule has 0 aliphatic rings. The van der Waals surface area contributed by atoms with E-state index in [2.05, 4.69) is 6.92 Å². The lowest BCUT2D eigenvalue weighted by Gasteiger charge is -2.05. The van der Waals surface area contributed by atoms with Crippen molar-refractivity contribution in [1.29, 1.82) is 0 Å². The Balaban J connectivity index is 1.58. The number of aromatic nitrogens is 1. The highest BCUT2D eigenvalue weighted by atomic mass is 32.2. The summed E-state index contributed by atoms with van der Waals surface area (Å²) in [5, 5.41) is 0. The zero-order chi connectivity index (χ0) is 22.4. The van der Waals surface area contributed by atoms with Crippen LogP contribution in [0.2, 0.25) is 0 Å². The van der Waals surface area contributed by atoms with Gasteiger partial charge < -0.3 is 0 Å². The van der Waals surface area contributed by atoms with Gasteiger partial charge in [-0.25, -0.2) is 12.4 Å². The van der Waals surface area contributed by atoms with Gasteiger partial charge in [-0.15, -0.1) is 0 Å². The van der Waals surface area contributed by atoms with Gasteiger partial charge in [0.15, 0.2) is 5.78 Å². The second kappa shape index (κ2) is 14.2. The van der Waals surface area contributed by atoms with Crippen LogP contribution in [0.1, 0.15) is 107 Å². The topological polar surface area (TPSA) is 56.1 Å². The van der Waals surface area contributed by atoms with E-state index in [0.29, 0.717) is 12.0 Å². The minimum absolute atomic E-state index is 0.0186. The average molecular weight is 446 g/mol. The monoisotopic (exact) mass is 445 g/mol. The molecule has 31 heavy (non-hydrogen) atoms. The lowest BCUT2D eigenvalue weighted by molar-refractivity contribution is 0.0979. The van der Waals surface area contributed by atoms with Crippen LogP contribution in [0.5, 0.6) is 0 Å². The van der Waals surface area contributed by atoms with Gasteiger partial charge in [-0.1, -0.05) is 102 Å². The Morgan fingerprint density at radius 2 is 1.26 bits per heavy atom. The molecule has 5 heteroatoms. The third-order valence-corrected chi connectivity index (χ3v) is 7.47. The first-order chi connectivity index (χ1) is 15.1.